The summed E-state index contributed by atoms with van der Waals surface area (Å²) in [6.45, 7) is 1.87. The lowest BCUT2D eigenvalue weighted by molar-refractivity contribution is -0.141. The largest absolute Gasteiger partial charge is 0.469 e. The summed E-state index contributed by atoms with van der Waals surface area (Å²) in [5.41, 5.74) is 0.557. The van der Waals surface area contributed by atoms with Gasteiger partial charge in [-0.05, 0) is 19.1 Å². The minimum absolute atomic E-state index is 0.0490. The van der Waals surface area contributed by atoms with E-state index in [1.807, 2.05) is 6.92 Å². The molecule has 1 rings (SSSR count). The van der Waals surface area contributed by atoms with E-state index in [9.17, 15) is 4.79 Å². The summed E-state index contributed by atoms with van der Waals surface area (Å²) >= 11 is 0. The Bertz CT molecular complexity index is 362. The van der Waals surface area contributed by atoms with Crippen molar-refractivity contribution in [1.29, 1.82) is 5.26 Å². The third-order valence-electron chi connectivity index (χ3n) is 2.06. The zero-order valence-electron chi connectivity index (χ0n) is 8.23. The van der Waals surface area contributed by atoms with E-state index in [4.69, 9.17) is 5.26 Å². The molecule has 0 aliphatic carbocycles. The zero-order chi connectivity index (χ0) is 10.6. The molecule has 4 nitrogen and oxygen atoms in total. The molecule has 0 aromatic carbocycles. The van der Waals surface area contributed by atoms with Gasteiger partial charge >= 0.3 is 5.97 Å². The fraction of sp³-hybridized carbons (Fsp3) is 0.400. The number of carbonyl (C=O) groups is 1. The van der Waals surface area contributed by atoms with Crippen LogP contribution in [0.15, 0.2) is 18.3 Å². The molecule has 0 saturated carbocycles. The second kappa shape index (κ2) is 4.47. The Kier molecular flexibility index (Phi) is 3.29. The molecular formula is C10H12N2O2. The van der Waals surface area contributed by atoms with E-state index in [1.54, 1.807) is 22.9 Å². The molecule has 74 valence electrons. The number of nitrogens with zero attached hydrogens (tertiary/aromatic N) is 2. The lowest BCUT2D eigenvalue weighted by Gasteiger charge is -2.13. The Morgan fingerprint density at radius 2 is 2.50 bits per heavy atom. The van der Waals surface area contributed by atoms with Crippen molar-refractivity contribution in [3.05, 3.63) is 24.0 Å². The van der Waals surface area contributed by atoms with Gasteiger partial charge in [0.05, 0.1) is 13.5 Å². The first-order chi connectivity index (χ1) is 6.69. The van der Waals surface area contributed by atoms with Crippen molar-refractivity contribution in [2.24, 2.45) is 0 Å². The van der Waals surface area contributed by atoms with E-state index in [2.05, 4.69) is 10.8 Å². The Labute approximate surface area is 82.7 Å². The fourth-order valence-electron chi connectivity index (χ4n) is 1.30. The van der Waals surface area contributed by atoms with Gasteiger partial charge in [0.1, 0.15) is 11.8 Å². The number of esters is 1. The topological polar surface area (TPSA) is 55.0 Å². The van der Waals surface area contributed by atoms with Gasteiger partial charge < -0.3 is 9.30 Å². The highest BCUT2D eigenvalue weighted by Crippen LogP contribution is 2.14. The van der Waals surface area contributed by atoms with Crippen molar-refractivity contribution in [3.8, 4) is 6.07 Å². The molecule has 1 heterocycles. The van der Waals surface area contributed by atoms with Crippen LogP contribution in [0.1, 0.15) is 25.1 Å². The average Bonchev–Trinajstić information content (AvgIpc) is 2.65. The zero-order valence-corrected chi connectivity index (χ0v) is 8.23. The summed E-state index contributed by atoms with van der Waals surface area (Å²) in [5.74, 6) is -0.268. The van der Waals surface area contributed by atoms with Crippen LogP contribution in [0, 0.1) is 11.3 Å². The van der Waals surface area contributed by atoms with E-state index in [1.165, 1.54) is 7.11 Å². The van der Waals surface area contributed by atoms with Crippen molar-refractivity contribution in [2.45, 2.75) is 19.4 Å². The van der Waals surface area contributed by atoms with Crippen LogP contribution < -0.4 is 0 Å². The maximum Gasteiger partial charge on any atom is 0.307 e. The van der Waals surface area contributed by atoms with Gasteiger partial charge in [0.15, 0.2) is 0 Å². The summed E-state index contributed by atoms with van der Waals surface area (Å²) in [5, 5.41) is 8.76. The predicted molar refractivity (Wildman–Crippen MR) is 50.5 cm³/mol. The first kappa shape index (κ1) is 10.3. The normalized spacial score (nSPS) is 11.8. The van der Waals surface area contributed by atoms with Gasteiger partial charge in [-0.15, -0.1) is 0 Å². The first-order valence-electron chi connectivity index (χ1n) is 4.32. The predicted octanol–water partition coefficient (Wildman–Crippen LogP) is 1.48. The molecule has 0 aliphatic heterocycles. The number of methoxy groups -OCH3 is 1. The number of aromatic nitrogens is 1. The second-order valence-electron chi connectivity index (χ2n) is 3.04. The molecule has 4 heteroatoms. The molecule has 1 unspecified atom stereocenters. The molecule has 0 spiro atoms. The number of ether oxygens (including phenoxy) is 1. The molecule has 14 heavy (non-hydrogen) atoms. The molecule has 1 aromatic heterocycles. The molecule has 0 aliphatic rings. The molecule has 1 atom stereocenters. The molecule has 0 bridgehead atoms. The Balaban J connectivity index is 2.75. The SMILES string of the molecule is COC(=O)CC(C)n1cccc1C#N. The minimum atomic E-state index is -0.268. The summed E-state index contributed by atoms with van der Waals surface area (Å²) in [7, 11) is 1.36. The quantitative estimate of drug-likeness (QED) is 0.681. The molecule has 0 radical (unpaired) electrons. The van der Waals surface area contributed by atoms with Gasteiger partial charge in [-0.2, -0.15) is 5.26 Å². The third-order valence-corrected chi connectivity index (χ3v) is 2.06. The number of nitriles is 1. The van der Waals surface area contributed by atoms with E-state index in [0.29, 0.717) is 5.69 Å². The van der Waals surface area contributed by atoms with Gasteiger partial charge in [0.2, 0.25) is 0 Å². The highest BCUT2D eigenvalue weighted by molar-refractivity contribution is 5.69. The van der Waals surface area contributed by atoms with Gasteiger partial charge in [-0.1, -0.05) is 0 Å². The third kappa shape index (κ3) is 2.13. The van der Waals surface area contributed by atoms with Crippen LogP contribution in [-0.4, -0.2) is 17.6 Å². The highest BCUT2D eigenvalue weighted by Gasteiger charge is 2.12. The summed E-state index contributed by atoms with van der Waals surface area (Å²) in [6, 6.07) is 5.51. The molecular weight excluding hydrogens is 180 g/mol. The maximum absolute atomic E-state index is 11.0. The van der Waals surface area contributed by atoms with Gasteiger partial charge in [0.25, 0.3) is 0 Å². The number of rotatable bonds is 3. The Morgan fingerprint density at radius 3 is 3.07 bits per heavy atom. The highest BCUT2D eigenvalue weighted by atomic mass is 16.5. The van der Waals surface area contributed by atoms with Crippen LogP contribution in [-0.2, 0) is 9.53 Å². The van der Waals surface area contributed by atoms with Crippen LogP contribution in [0.25, 0.3) is 0 Å². The summed E-state index contributed by atoms with van der Waals surface area (Å²) in [4.78, 5) is 11.0. The van der Waals surface area contributed by atoms with Crippen LogP contribution in [0.3, 0.4) is 0 Å². The van der Waals surface area contributed by atoms with Crippen molar-refractivity contribution < 1.29 is 9.53 Å². The van der Waals surface area contributed by atoms with E-state index in [-0.39, 0.29) is 18.4 Å². The van der Waals surface area contributed by atoms with Crippen molar-refractivity contribution in [1.82, 2.24) is 4.57 Å². The van der Waals surface area contributed by atoms with E-state index < -0.39 is 0 Å². The smallest absolute Gasteiger partial charge is 0.307 e. The number of hydrogen-bond donors (Lipinski definition) is 0. The molecule has 0 N–H and O–H groups in total. The molecule has 0 fully saturated rings. The molecule has 0 amide bonds. The van der Waals surface area contributed by atoms with Gasteiger partial charge in [-0.25, -0.2) is 0 Å². The average molecular weight is 192 g/mol. The van der Waals surface area contributed by atoms with Crippen molar-refractivity contribution in [2.75, 3.05) is 7.11 Å². The monoisotopic (exact) mass is 192 g/mol. The fourth-order valence-corrected chi connectivity index (χ4v) is 1.30. The van der Waals surface area contributed by atoms with E-state index >= 15 is 0 Å². The van der Waals surface area contributed by atoms with Crippen molar-refractivity contribution >= 4 is 5.97 Å². The van der Waals surface area contributed by atoms with Crippen LogP contribution in [0.2, 0.25) is 0 Å². The number of hydrogen-bond acceptors (Lipinski definition) is 3. The standard InChI is InChI=1S/C10H12N2O2/c1-8(6-10(13)14-2)12-5-3-4-9(12)7-11/h3-5,8H,6H2,1-2H3. The summed E-state index contributed by atoms with van der Waals surface area (Å²) < 4.78 is 6.32. The van der Waals surface area contributed by atoms with Crippen LogP contribution in [0.4, 0.5) is 0 Å². The molecule has 0 saturated heterocycles. The lowest BCUT2D eigenvalue weighted by Crippen LogP contribution is -2.12. The van der Waals surface area contributed by atoms with Crippen molar-refractivity contribution in [3.63, 3.8) is 0 Å². The lowest BCUT2D eigenvalue weighted by atomic mass is 10.2. The van der Waals surface area contributed by atoms with Crippen LogP contribution in [0.5, 0.6) is 0 Å². The Morgan fingerprint density at radius 1 is 1.79 bits per heavy atom. The summed E-state index contributed by atoms with van der Waals surface area (Å²) in [6.07, 6.45) is 2.06. The second-order valence-corrected chi connectivity index (χ2v) is 3.04. The number of carbonyl (C=O) groups excluding carboxylic acids is 1. The minimum Gasteiger partial charge on any atom is -0.469 e. The van der Waals surface area contributed by atoms with Gasteiger partial charge in [0, 0.05) is 12.2 Å². The Hall–Kier alpha value is -1.76. The van der Waals surface area contributed by atoms with Gasteiger partial charge in [-0.3, -0.25) is 4.79 Å². The molecule has 1 aromatic rings. The van der Waals surface area contributed by atoms with E-state index in [0.717, 1.165) is 0 Å². The van der Waals surface area contributed by atoms with Crippen LogP contribution >= 0.6 is 0 Å². The first-order valence-corrected chi connectivity index (χ1v) is 4.32. The maximum atomic E-state index is 11.0.